The molecule has 0 radical (unpaired) electrons. The zero-order valence-corrected chi connectivity index (χ0v) is 23.4. The fourth-order valence-corrected chi connectivity index (χ4v) is 6.03. The van der Waals surface area contributed by atoms with Crippen molar-refractivity contribution in [1.29, 1.82) is 0 Å². The van der Waals surface area contributed by atoms with Gasteiger partial charge in [0, 0.05) is 45.7 Å². The maximum atomic E-state index is 15.2. The number of pyridine rings is 1. The molecule has 5 rings (SSSR count). The average molecular weight is 558 g/mol. The van der Waals surface area contributed by atoms with E-state index in [1.165, 1.54) is 31.4 Å². The lowest BCUT2D eigenvalue weighted by Gasteiger charge is -2.25. The zero-order chi connectivity index (χ0) is 28.2. The number of anilines is 1. The number of hydrogen-bond acceptors (Lipinski definition) is 5. The molecular formula is C32H33F2N5S. The Morgan fingerprint density at radius 1 is 1.20 bits per heavy atom. The molecule has 1 fully saturated rings. The smallest absolute Gasteiger partial charge is 0.178 e. The number of H-pyrrole nitrogens is 1. The largest absolute Gasteiger partial charge is 0.398 e. The molecule has 206 valence electrons. The number of nitrogens with zero attached hydrogens (tertiary/aromatic N) is 2. The van der Waals surface area contributed by atoms with Crippen LogP contribution in [-0.2, 0) is 6.42 Å². The monoisotopic (exact) mass is 557 g/mol. The second kappa shape index (κ2) is 12.0. The van der Waals surface area contributed by atoms with E-state index in [2.05, 4.69) is 33.4 Å². The molecule has 40 heavy (non-hydrogen) atoms. The molecule has 5 nitrogen and oxygen atoms in total. The lowest BCUT2D eigenvalue weighted by molar-refractivity contribution is 0.393. The highest BCUT2D eigenvalue weighted by Crippen LogP contribution is 2.33. The Morgan fingerprint density at radius 3 is 2.70 bits per heavy atom. The highest BCUT2D eigenvalue weighted by atomic mass is 32.1. The van der Waals surface area contributed by atoms with E-state index in [9.17, 15) is 4.39 Å². The molecule has 0 amide bonds. The third-order valence-electron chi connectivity index (χ3n) is 7.42. The minimum absolute atomic E-state index is 0.256. The van der Waals surface area contributed by atoms with E-state index in [0.717, 1.165) is 57.1 Å². The van der Waals surface area contributed by atoms with E-state index in [1.807, 2.05) is 25.1 Å². The van der Waals surface area contributed by atoms with Crippen LogP contribution in [0.5, 0.6) is 0 Å². The number of thiophene rings is 1. The number of aromatic nitrogens is 3. The third-order valence-corrected chi connectivity index (χ3v) is 8.33. The van der Waals surface area contributed by atoms with E-state index < -0.39 is 5.82 Å². The lowest BCUT2D eigenvalue weighted by atomic mass is 9.87. The van der Waals surface area contributed by atoms with Gasteiger partial charge >= 0.3 is 0 Å². The minimum atomic E-state index is -0.409. The van der Waals surface area contributed by atoms with Gasteiger partial charge in [-0.1, -0.05) is 38.5 Å². The second-order valence-electron chi connectivity index (χ2n) is 10.1. The van der Waals surface area contributed by atoms with Gasteiger partial charge < -0.3 is 16.0 Å². The summed E-state index contributed by atoms with van der Waals surface area (Å²) < 4.78 is 28.9. The molecule has 0 aliphatic heterocycles. The standard InChI is InChI=1S/C32H33F2N5S/c1-4-20(15-23(5-2)37-19(3)21-9-7-6-8-10-21)25-16-22(27(35)18-26(25)33)17-30-38-31-24(13-14-36-32(31)39-30)28-11-12-29(34)40-28/h4-5,11-16,18,21,37H,2-3,6-10,17,35H2,1H3,(H,36,38,39)/b20-4+,23-15+. The molecule has 0 bridgehead atoms. The van der Waals surface area contributed by atoms with E-state index >= 15 is 4.39 Å². The molecule has 0 unspecified atom stereocenters. The van der Waals surface area contributed by atoms with Crippen molar-refractivity contribution >= 4 is 33.8 Å². The molecule has 4 N–H and O–H groups in total. The maximum Gasteiger partial charge on any atom is 0.178 e. The molecule has 3 heterocycles. The zero-order valence-electron chi connectivity index (χ0n) is 22.6. The molecule has 8 heteroatoms. The predicted octanol–water partition coefficient (Wildman–Crippen LogP) is 8.29. The third kappa shape index (κ3) is 5.92. The van der Waals surface area contributed by atoms with Gasteiger partial charge in [0.1, 0.15) is 11.6 Å². The Hall–Kier alpha value is -4.04. The summed E-state index contributed by atoms with van der Waals surface area (Å²) in [5, 5.41) is 3.15. The number of aromatic amines is 1. The number of imidazole rings is 1. The molecule has 0 atom stereocenters. The number of benzene rings is 1. The number of nitrogen functional groups attached to an aromatic ring is 1. The van der Waals surface area contributed by atoms with Crippen LogP contribution >= 0.6 is 11.3 Å². The van der Waals surface area contributed by atoms with Crippen LogP contribution in [0, 0.1) is 16.9 Å². The highest BCUT2D eigenvalue weighted by molar-refractivity contribution is 7.14. The van der Waals surface area contributed by atoms with Gasteiger partial charge in [-0.3, -0.25) is 0 Å². The second-order valence-corrected chi connectivity index (χ2v) is 11.1. The van der Waals surface area contributed by atoms with E-state index in [0.29, 0.717) is 40.6 Å². The van der Waals surface area contributed by atoms with Gasteiger partial charge in [0.25, 0.3) is 0 Å². The summed E-state index contributed by atoms with van der Waals surface area (Å²) in [5.74, 6) is 0.656. The normalized spacial score (nSPS) is 15.0. The number of nitrogens with two attached hydrogens (primary N) is 1. The van der Waals surface area contributed by atoms with Crippen molar-refractivity contribution in [2.24, 2.45) is 5.92 Å². The van der Waals surface area contributed by atoms with Crippen LogP contribution in [0.2, 0.25) is 0 Å². The van der Waals surface area contributed by atoms with Crippen LogP contribution in [-0.4, -0.2) is 15.0 Å². The maximum absolute atomic E-state index is 15.2. The molecular weight excluding hydrogens is 524 g/mol. The molecule has 1 aliphatic carbocycles. The molecule has 1 aliphatic rings. The number of allylic oxidation sites excluding steroid dienone is 5. The van der Waals surface area contributed by atoms with Crippen molar-refractivity contribution in [1.82, 2.24) is 20.3 Å². The predicted molar refractivity (Wildman–Crippen MR) is 162 cm³/mol. The van der Waals surface area contributed by atoms with Gasteiger partial charge in [0.15, 0.2) is 10.8 Å². The van der Waals surface area contributed by atoms with Crippen molar-refractivity contribution in [3.63, 3.8) is 0 Å². The summed E-state index contributed by atoms with van der Waals surface area (Å²) >= 11 is 1.07. The molecule has 0 spiro atoms. The quantitative estimate of drug-likeness (QED) is 0.143. The summed E-state index contributed by atoms with van der Waals surface area (Å²) in [4.78, 5) is 13.1. The summed E-state index contributed by atoms with van der Waals surface area (Å²) in [6.07, 6.45) is 13.4. The van der Waals surface area contributed by atoms with Crippen LogP contribution in [0.1, 0.15) is 56.0 Å². The summed E-state index contributed by atoms with van der Waals surface area (Å²) in [7, 11) is 0. The van der Waals surface area contributed by atoms with E-state index in [4.69, 9.17) is 5.73 Å². The van der Waals surface area contributed by atoms with E-state index in [1.54, 1.807) is 24.4 Å². The van der Waals surface area contributed by atoms with Crippen LogP contribution in [0.15, 0.2) is 79.3 Å². The Balaban J connectivity index is 1.42. The van der Waals surface area contributed by atoms with Gasteiger partial charge in [-0.05, 0) is 79.3 Å². The lowest BCUT2D eigenvalue weighted by Crippen LogP contribution is -2.20. The van der Waals surface area contributed by atoms with Crippen molar-refractivity contribution in [3.8, 4) is 10.4 Å². The first-order valence-corrected chi connectivity index (χ1v) is 14.3. The van der Waals surface area contributed by atoms with Crippen LogP contribution in [0.4, 0.5) is 14.5 Å². The summed E-state index contributed by atoms with van der Waals surface area (Å²) in [6, 6.07) is 8.13. The first-order valence-electron chi connectivity index (χ1n) is 13.5. The van der Waals surface area contributed by atoms with Crippen LogP contribution < -0.4 is 11.1 Å². The number of nitrogens with one attached hydrogen (secondary N) is 2. The molecule has 0 saturated heterocycles. The van der Waals surface area contributed by atoms with Gasteiger partial charge in [0.05, 0.1) is 5.52 Å². The first kappa shape index (κ1) is 27.5. The fraction of sp³-hybridized carbons (Fsp3) is 0.250. The van der Waals surface area contributed by atoms with Gasteiger partial charge in [-0.15, -0.1) is 11.3 Å². The molecule has 1 aromatic carbocycles. The number of halogens is 2. The van der Waals surface area contributed by atoms with Gasteiger partial charge in [-0.25, -0.2) is 14.4 Å². The van der Waals surface area contributed by atoms with Crippen molar-refractivity contribution in [2.75, 3.05) is 5.73 Å². The number of fused-ring (bicyclic) bond motifs is 1. The minimum Gasteiger partial charge on any atom is -0.398 e. The molecule has 3 aromatic heterocycles. The molecule has 4 aromatic rings. The Labute approximate surface area is 237 Å². The van der Waals surface area contributed by atoms with E-state index in [-0.39, 0.29) is 5.13 Å². The van der Waals surface area contributed by atoms with Crippen molar-refractivity contribution in [3.05, 3.63) is 107 Å². The summed E-state index contributed by atoms with van der Waals surface area (Å²) in [5.41, 5.74) is 12.3. The van der Waals surface area contributed by atoms with Crippen molar-refractivity contribution in [2.45, 2.75) is 45.4 Å². The Bertz CT molecular complexity index is 1620. The first-order chi connectivity index (χ1) is 19.4. The van der Waals surface area contributed by atoms with Gasteiger partial charge in [-0.2, -0.15) is 4.39 Å². The highest BCUT2D eigenvalue weighted by Gasteiger charge is 2.18. The average Bonchev–Trinajstić information content (AvgIpc) is 3.58. The van der Waals surface area contributed by atoms with Gasteiger partial charge in [0.2, 0.25) is 0 Å². The summed E-state index contributed by atoms with van der Waals surface area (Å²) in [6.45, 7) is 10.1. The fourth-order valence-electron chi connectivity index (χ4n) is 5.26. The Kier molecular flexibility index (Phi) is 8.26. The van der Waals surface area contributed by atoms with Crippen molar-refractivity contribution < 1.29 is 8.78 Å². The SMILES string of the molecule is C=C/C(=C\C(=C/C)c1cc(Cc2nc3nccc(-c4ccc(F)s4)c3[nH]2)c(N)cc1F)NC(=C)C1CCCCC1. The number of hydrogen-bond donors (Lipinski definition) is 3. The van der Waals surface area contributed by atoms with Crippen LogP contribution in [0.3, 0.4) is 0 Å². The number of rotatable bonds is 9. The Morgan fingerprint density at radius 2 is 2.00 bits per heavy atom. The topological polar surface area (TPSA) is 79.6 Å². The van der Waals surface area contributed by atoms with Crippen LogP contribution in [0.25, 0.3) is 27.2 Å². The molecule has 1 saturated carbocycles.